The van der Waals surface area contributed by atoms with E-state index in [9.17, 15) is 4.79 Å². The lowest BCUT2D eigenvalue weighted by Gasteiger charge is -2.20. The number of rotatable bonds is 3. The SMILES string of the molecule is CN(c1cccc(C#N)c1)c1ccc(C(=O)O)c(Cl)c1. The maximum atomic E-state index is 10.9. The summed E-state index contributed by atoms with van der Waals surface area (Å²) in [5.74, 6) is -1.06. The van der Waals surface area contributed by atoms with Gasteiger partial charge in [0, 0.05) is 18.4 Å². The van der Waals surface area contributed by atoms with E-state index in [-0.39, 0.29) is 10.6 Å². The highest BCUT2D eigenvalue weighted by Gasteiger charge is 2.11. The summed E-state index contributed by atoms with van der Waals surface area (Å²) in [4.78, 5) is 12.8. The molecule has 0 aliphatic rings. The second-order valence-corrected chi connectivity index (χ2v) is 4.60. The number of carboxylic acid groups (broad SMARTS) is 1. The summed E-state index contributed by atoms with van der Waals surface area (Å²) >= 11 is 5.95. The molecular weight excluding hydrogens is 276 g/mol. The predicted molar refractivity (Wildman–Crippen MR) is 77.6 cm³/mol. The van der Waals surface area contributed by atoms with Gasteiger partial charge in [-0.25, -0.2) is 4.79 Å². The second kappa shape index (κ2) is 5.64. The first-order valence-corrected chi connectivity index (χ1v) is 6.17. The molecule has 0 radical (unpaired) electrons. The molecule has 0 heterocycles. The molecule has 1 N–H and O–H groups in total. The number of nitriles is 1. The summed E-state index contributed by atoms with van der Waals surface area (Å²) in [6.45, 7) is 0. The molecule has 0 bridgehead atoms. The Bertz CT molecular complexity index is 707. The Labute approximate surface area is 121 Å². The maximum Gasteiger partial charge on any atom is 0.337 e. The van der Waals surface area contributed by atoms with Crippen molar-refractivity contribution in [1.29, 1.82) is 5.26 Å². The third kappa shape index (κ3) is 2.73. The van der Waals surface area contributed by atoms with Crippen molar-refractivity contribution in [3.63, 3.8) is 0 Å². The van der Waals surface area contributed by atoms with Gasteiger partial charge in [0.2, 0.25) is 0 Å². The van der Waals surface area contributed by atoms with Crippen LogP contribution in [0.15, 0.2) is 42.5 Å². The first kappa shape index (κ1) is 13.9. The van der Waals surface area contributed by atoms with Gasteiger partial charge in [-0.1, -0.05) is 17.7 Å². The van der Waals surface area contributed by atoms with Crippen LogP contribution >= 0.6 is 11.6 Å². The third-order valence-corrected chi connectivity index (χ3v) is 3.25. The molecule has 100 valence electrons. The number of halogens is 1. The average molecular weight is 287 g/mol. The van der Waals surface area contributed by atoms with E-state index < -0.39 is 5.97 Å². The van der Waals surface area contributed by atoms with Gasteiger partial charge in [0.05, 0.1) is 22.2 Å². The monoisotopic (exact) mass is 286 g/mol. The quantitative estimate of drug-likeness (QED) is 0.935. The number of hydrogen-bond acceptors (Lipinski definition) is 3. The molecule has 4 nitrogen and oxygen atoms in total. The molecule has 0 atom stereocenters. The fourth-order valence-electron chi connectivity index (χ4n) is 1.82. The lowest BCUT2D eigenvalue weighted by Crippen LogP contribution is -2.10. The zero-order chi connectivity index (χ0) is 14.7. The lowest BCUT2D eigenvalue weighted by atomic mass is 10.1. The predicted octanol–water partition coefficient (Wildman–Crippen LogP) is 3.68. The lowest BCUT2D eigenvalue weighted by molar-refractivity contribution is 0.0697. The van der Waals surface area contributed by atoms with Crippen molar-refractivity contribution in [1.82, 2.24) is 0 Å². The Morgan fingerprint density at radius 3 is 2.55 bits per heavy atom. The summed E-state index contributed by atoms with van der Waals surface area (Å²) < 4.78 is 0. The maximum absolute atomic E-state index is 10.9. The number of aromatic carboxylic acids is 1. The van der Waals surface area contributed by atoms with Gasteiger partial charge in [-0.05, 0) is 36.4 Å². The molecular formula is C15H11ClN2O2. The highest BCUT2D eigenvalue weighted by molar-refractivity contribution is 6.33. The number of hydrogen-bond donors (Lipinski definition) is 1. The molecule has 0 saturated heterocycles. The molecule has 2 rings (SSSR count). The summed E-state index contributed by atoms with van der Waals surface area (Å²) in [7, 11) is 1.82. The number of anilines is 2. The molecule has 20 heavy (non-hydrogen) atoms. The van der Waals surface area contributed by atoms with Crippen molar-refractivity contribution in [2.24, 2.45) is 0 Å². The third-order valence-electron chi connectivity index (χ3n) is 2.93. The Balaban J connectivity index is 2.38. The first-order chi connectivity index (χ1) is 9.52. The van der Waals surface area contributed by atoms with E-state index >= 15 is 0 Å². The van der Waals surface area contributed by atoms with Crippen LogP contribution in [0.3, 0.4) is 0 Å². The van der Waals surface area contributed by atoms with E-state index in [0.717, 1.165) is 11.4 Å². The Morgan fingerprint density at radius 2 is 1.95 bits per heavy atom. The topological polar surface area (TPSA) is 64.3 Å². The number of benzene rings is 2. The Hall–Kier alpha value is -2.51. The highest BCUT2D eigenvalue weighted by Crippen LogP contribution is 2.28. The Kier molecular flexibility index (Phi) is 3.92. The van der Waals surface area contributed by atoms with Crippen molar-refractivity contribution < 1.29 is 9.90 Å². The highest BCUT2D eigenvalue weighted by atomic mass is 35.5. The zero-order valence-electron chi connectivity index (χ0n) is 10.7. The van der Waals surface area contributed by atoms with E-state index in [1.165, 1.54) is 6.07 Å². The van der Waals surface area contributed by atoms with Gasteiger partial charge in [0.1, 0.15) is 0 Å². The molecule has 0 aromatic heterocycles. The summed E-state index contributed by atoms with van der Waals surface area (Å²) in [6.07, 6.45) is 0. The van der Waals surface area contributed by atoms with Crippen molar-refractivity contribution in [2.45, 2.75) is 0 Å². The molecule has 0 unspecified atom stereocenters. The normalized spacial score (nSPS) is 9.85. The summed E-state index contributed by atoms with van der Waals surface area (Å²) in [6, 6.07) is 13.9. The van der Waals surface area contributed by atoms with Crippen LogP contribution in [0.4, 0.5) is 11.4 Å². The van der Waals surface area contributed by atoms with Crippen LogP contribution in [0.25, 0.3) is 0 Å². The van der Waals surface area contributed by atoms with Gasteiger partial charge in [0.25, 0.3) is 0 Å². The number of carbonyl (C=O) groups is 1. The van der Waals surface area contributed by atoms with E-state index in [2.05, 4.69) is 6.07 Å². The van der Waals surface area contributed by atoms with Crippen LogP contribution in [-0.4, -0.2) is 18.1 Å². The van der Waals surface area contributed by atoms with E-state index in [1.54, 1.807) is 30.3 Å². The molecule has 2 aromatic carbocycles. The van der Waals surface area contributed by atoms with Crippen molar-refractivity contribution in [3.05, 3.63) is 58.6 Å². The van der Waals surface area contributed by atoms with Gasteiger partial charge in [0.15, 0.2) is 0 Å². The summed E-state index contributed by atoms with van der Waals surface area (Å²) in [5.41, 5.74) is 2.19. The van der Waals surface area contributed by atoms with Crippen molar-refractivity contribution in [3.8, 4) is 6.07 Å². The fourth-order valence-corrected chi connectivity index (χ4v) is 2.07. The molecule has 0 aliphatic heterocycles. The molecule has 5 heteroatoms. The smallest absolute Gasteiger partial charge is 0.337 e. The van der Waals surface area contributed by atoms with Crippen molar-refractivity contribution in [2.75, 3.05) is 11.9 Å². The molecule has 0 spiro atoms. The van der Waals surface area contributed by atoms with Gasteiger partial charge < -0.3 is 10.0 Å². The average Bonchev–Trinajstić information content (AvgIpc) is 2.46. The van der Waals surface area contributed by atoms with Crippen LogP contribution in [-0.2, 0) is 0 Å². The van der Waals surface area contributed by atoms with Gasteiger partial charge in [-0.2, -0.15) is 5.26 Å². The molecule has 0 amide bonds. The van der Waals surface area contributed by atoms with E-state index in [1.807, 2.05) is 18.0 Å². The van der Waals surface area contributed by atoms with Gasteiger partial charge in [-0.3, -0.25) is 0 Å². The van der Waals surface area contributed by atoms with Gasteiger partial charge >= 0.3 is 5.97 Å². The molecule has 0 fully saturated rings. The standard InChI is InChI=1S/C15H11ClN2O2/c1-18(11-4-2-3-10(7-11)9-17)12-5-6-13(15(19)20)14(16)8-12/h2-8H,1H3,(H,19,20). The van der Waals surface area contributed by atoms with Crippen molar-refractivity contribution >= 4 is 28.9 Å². The minimum Gasteiger partial charge on any atom is -0.478 e. The molecule has 0 saturated carbocycles. The molecule has 0 aliphatic carbocycles. The summed E-state index contributed by atoms with van der Waals surface area (Å²) in [5, 5.41) is 18.0. The second-order valence-electron chi connectivity index (χ2n) is 4.19. The fraction of sp³-hybridized carbons (Fsp3) is 0.0667. The van der Waals surface area contributed by atoms with E-state index in [4.69, 9.17) is 22.0 Å². The minimum atomic E-state index is -1.06. The van der Waals surface area contributed by atoms with Crippen LogP contribution in [0.5, 0.6) is 0 Å². The van der Waals surface area contributed by atoms with Gasteiger partial charge in [-0.15, -0.1) is 0 Å². The first-order valence-electron chi connectivity index (χ1n) is 5.79. The Morgan fingerprint density at radius 1 is 1.25 bits per heavy atom. The largest absolute Gasteiger partial charge is 0.478 e. The molecule has 2 aromatic rings. The van der Waals surface area contributed by atoms with Crippen LogP contribution in [0.2, 0.25) is 5.02 Å². The number of carboxylic acids is 1. The van der Waals surface area contributed by atoms with Crippen LogP contribution in [0, 0.1) is 11.3 Å². The zero-order valence-corrected chi connectivity index (χ0v) is 11.4. The number of nitrogens with zero attached hydrogens (tertiary/aromatic N) is 2. The van der Waals surface area contributed by atoms with Crippen LogP contribution < -0.4 is 4.90 Å². The van der Waals surface area contributed by atoms with Crippen LogP contribution in [0.1, 0.15) is 15.9 Å². The minimum absolute atomic E-state index is 0.0644. The van der Waals surface area contributed by atoms with E-state index in [0.29, 0.717) is 5.56 Å².